The molecule has 33 heavy (non-hydrogen) atoms. The highest BCUT2D eigenvalue weighted by Gasteiger charge is 2.37. The van der Waals surface area contributed by atoms with Crippen LogP contribution in [0, 0.1) is 19.7 Å². The first kappa shape index (κ1) is 21.7. The molecule has 1 aliphatic heterocycles. The smallest absolute Gasteiger partial charge is 0.337 e. The lowest BCUT2D eigenvalue weighted by Crippen LogP contribution is -2.54. The van der Waals surface area contributed by atoms with E-state index in [1.165, 1.54) is 24.3 Å². The molecule has 2 heterocycles. The Morgan fingerprint density at radius 2 is 1.70 bits per heavy atom. The van der Waals surface area contributed by atoms with E-state index in [1.54, 1.807) is 42.7 Å². The molecule has 3 aromatic rings. The highest BCUT2D eigenvalue weighted by molar-refractivity contribution is 6.39. The Kier molecular flexibility index (Phi) is 5.39. The normalized spacial score (nSPS) is 15.2. The van der Waals surface area contributed by atoms with Crippen LogP contribution < -0.4 is 10.2 Å². The Bertz CT molecular complexity index is 1350. The fourth-order valence-corrected chi connectivity index (χ4v) is 3.79. The van der Waals surface area contributed by atoms with E-state index < -0.39 is 29.6 Å². The van der Waals surface area contributed by atoms with Crippen LogP contribution in [0.25, 0.3) is 11.8 Å². The highest BCUT2D eigenvalue weighted by atomic mass is 19.1. The topological polar surface area (TPSA) is 109 Å². The number of carboxylic acids is 1. The number of aromatic carboxylic acids is 1. The number of carboxylic acid groups (broad SMARTS) is 1. The number of amides is 4. The van der Waals surface area contributed by atoms with E-state index in [0.29, 0.717) is 22.6 Å². The van der Waals surface area contributed by atoms with E-state index in [1.807, 2.05) is 0 Å². The zero-order valence-electron chi connectivity index (χ0n) is 17.6. The molecule has 1 saturated heterocycles. The second kappa shape index (κ2) is 8.19. The molecule has 4 rings (SSSR count). The number of barbiturate groups is 1. The summed E-state index contributed by atoms with van der Waals surface area (Å²) in [5.74, 6) is -3.34. The first-order valence-electron chi connectivity index (χ1n) is 9.87. The predicted octanol–water partition coefficient (Wildman–Crippen LogP) is 3.60. The molecule has 0 unspecified atom stereocenters. The maximum Gasteiger partial charge on any atom is 0.337 e. The Morgan fingerprint density at radius 3 is 2.36 bits per heavy atom. The van der Waals surface area contributed by atoms with Crippen LogP contribution in [0.15, 0.2) is 60.2 Å². The van der Waals surface area contributed by atoms with Crippen LogP contribution >= 0.6 is 0 Å². The first-order chi connectivity index (χ1) is 15.7. The average molecular weight is 447 g/mol. The number of para-hydroxylation sites is 1. The van der Waals surface area contributed by atoms with Crippen molar-refractivity contribution < 1.29 is 28.7 Å². The van der Waals surface area contributed by atoms with E-state index in [9.17, 15) is 28.7 Å². The minimum Gasteiger partial charge on any atom is -0.478 e. The van der Waals surface area contributed by atoms with E-state index in [-0.39, 0.29) is 16.8 Å². The molecule has 166 valence electrons. The number of carbonyl (C=O) groups excluding carboxylic acids is 3. The SMILES string of the molecule is Cc1cc(/C=C2\C(=O)NC(=O)N(c3ccc(F)cc3)C2=O)c(C)n1-c1ccccc1C(=O)O. The number of hydrogen-bond donors (Lipinski definition) is 2. The monoisotopic (exact) mass is 447 g/mol. The van der Waals surface area contributed by atoms with Gasteiger partial charge in [-0.05, 0) is 68.0 Å². The summed E-state index contributed by atoms with van der Waals surface area (Å²) in [6.07, 6.45) is 1.35. The number of hydrogen-bond acceptors (Lipinski definition) is 4. The summed E-state index contributed by atoms with van der Waals surface area (Å²) in [5.41, 5.74) is 2.14. The van der Waals surface area contributed by atoms with Crippen LogP contribution in [0.5, 0.6) is 0 Å². The lowest BCUT2D eigenvalue weighted by molar-refractivity contribution is -0.122. The third-order valence-corrected chi connectivity index (χ3v) is 5.33. The van der Waals surface area contributed by atoms with Gasteiger partial charge in [0.2, 0.25) is 0 Å². The highest BCUT2D eigenvalue weighted by Crippen LogP contribution is 2.27. The largest absolute Gasteiger partial charge is 0.478 e. The zero-order chi connectivity index (χ0) is 23.9. The van der Waals surface area contributed by atoms with E-state index in [4.69, 9.17) is 0 Å². The lowest BCUT2D eigenvalue weighted by Gasteiger charge is -2.26. The van der Waals surface area contributed by atoms with Crippen molar-refractivity contribution >= 4 is 35.6 Å². The van der Waals surface area contributed by atoms with Crippen molar-refractivity contribution in [1.82, 2.24) is 9.88 Å². The van der Waals surface area contributed by atoms with Crippen LogP contribution in [-0.4, -0.2) is 33.5 Å². The number of rotatable bonds is 4. The summed E-state index contributed by atoms with van der Waals surface area (Å²) in [4.78, 5) is 50.2. The van der Waals surface area contributed by atoms with Crippen molar-refractivity contribution in [1.29, 1.82) is 0 Å². The van der Waals surface area contributed by atoms with Crippen LogP contribution in [0.2, 0.25) is 0 Å². The molecular weight excluding hydrogens is 429 g/mol. The maximum atomic E-state index is 13.3. The molecule has 1 fully saturated rings. The van der Waals surface area contributed by atoms with Gasteiger partial charge in [-0.15, -0.1) is 0 Å². The number of aromatic nitrogens is 1. The van der Waals surface area contributed by atoms with Gasteiger partial charge in [-0.3, -0.25) is 14.9 Å². The van der Waals surface area contributed by atoms with Gasteiger partial charge in [0.25, 0.3) is 11.8 Å². The van der Waals surface area contributed by atoms with Crippen molar-refractivity contribution in [3.8, 4) is 5.69 Å². The number of benzene rings is 2. The molecule has 0 atom stereocenters. The van der Waals surface area contributed by atoms with Crippen LogP contribution in [-0.2, 0) is 9.59 Å². The molecule has 0 bridgehead atoms. The molecule has 4 amide bonds. The van der Waals surface area contributed by atoms with E-state index in [0.717, 1.165) is 17.0 Å². The molecule has 0 saturated carbocycles. The number of anilines is 1. The number of carbonyl (C=O) groups is 4. The van der Waals surface area contributed by atoms with Gasteiger partial charge in [0.05, 0.1) is 16.9 Å². The van der Waals surface area contributed by atoms with Crippen molar-refractivity contribution in [3.05, 3.63) is 88.5 Å². The van der Waals surface area contributed by atoms with E-state index >= 15 is 0 Å². The summed E-state index contributed by atoms with van der Waals surface area (Å²) in [6, 6.07) is 12.0. The second-order valence-electron chi connectivity index (χ2n) is 7.42. The van der Waals surface area contributed by atoms with Gasteiger partial charge in [0.1, 0.15) is 11.4 Å². The Labute approximate surface area is 187 Å². The molecule has 2 aromatic carbocycles. The third kappa shape index (κ3) is 3.80. The van der Waals surface area contributed by atoms with Crippen molar-refractivity contribution in [3.63, 3.8) is 0 Å². The Morgan fingerprint density at radius 1 is 1.03 bits per heavy atom. The van der Waals surface area contributed by atoms with E-state index in [2.05, 4.69) is 5.32 Å². The Hall–Kier alpha value is -4.53. The number of imide groups is 2. The van der Waals surface area contributed by atoms with Gasteiger partial charge >= 0.3 is 12.0 Å². The number of nitrogens with zero attached hydrogens (tertiary/aromatic N) is 2. The molecule has 0 spiro atoms. The molecule has 1 aromatic heterocycles. The third-order valence-electron chi connectivity index (χ3n) is 5.33. The molecule has 9 heteroatoms. The number of nitrogens with one attached hydrogen (secondary N) is 1. The van der Waals surface area contributed by atoms with Crippen molar-refractivity contribution in [2.75, 3.05) is 4.90 Å². The van der Waals surface area contributed by atoms with Gasteiger partial charge in [-0.1, -0.05) is 12.1 Å². The van der Waals surface area contributed by atoms with Gasteiger partial charge in [-0.25, -0.2) is 18.9 Å². The molecule has 2 N–H and O–H groups in total. The van der Waals surface area contributed by atoms with Gasteiger partial charge < -0.3 is 9.67 Å². The lowest BCUT2D eigenvalue weighted by atomic mass is 10.1. The summed E-state index contributed by atoms with van der Waals surface area (Å²) < 4.78 is 15.0. The first-order valence-corrected chi connectivity index (χ1v) is 9.87. The molecular formula is C24H18FN3O5. The quantitative estimate of drug-likeness (QED) is 0.469. The van der Waals surface area contributed by atoms with Crippen molar-refractivity contribution in [2.24, 2.45) is 0 Å². The Balaban J connectivity index is 1.79. The maximum absolute atomic E-state index is 13.3. The molecule has 0 radical (unpaired) electrons. The van der Waals surface area contributed by atoms with Crippen LogP contribution in [0.3, 0.4) is 0 Å². The van der Waals surface area contributed by atoms with Gasteiger partial charge in [0, 0.05) is 11.4 Å². The zero-order valence-corrected chi connectivity index (χ0v) is 17.6. The molecule has 8 nitrogen and oxygen atoms in total. The van der Waals surface area contributed by atoms with Gasteiger partial charge in [0.15, 0.2) is 0 Å². The minimum absolute atomic E-state index is 0.0954. The molecule has 1 aliphatic rings. The van der Waals surface area contributed by atoms with Crippen LogP contribution in [0.4, 0.5) is 14.9 Å². The van der Waals surface area contributed by atoms with Gasteiger partial charge in [-0.2, -0.15) is 0 Å². The second-order valence-corrected chi connectivity index (χ2v) is 7.42. The summed E-state index contributed by atoms with van der Waals surface area (Å²) >= 11 is 0. The predicted molar refractivity (Wildman–Crippen MR) is 118 cm³/mol. The number of urea groups is 1. The standard InChI is InChI=1S/C24H18FN3O5/c1-13-11-15(14(2)27(13)20-6-4-3-5-18(20)23(31)32)12-19-21(29)26-24(33)28(22(19)30)17-9-7-16(25)8-10-17/h3-12H,1-2H3,(H,31,32)(H,26,29,33)/b19-12+. The number of aryl methyl sites for hydroxylation is 1. The summed E-state index contributed by atoms with van der Waals surface area (Å²) in [7, 11) is 0. The summed E-state index contributed by atoms with van der Waals surface area (Å²) in [5, 5.41) is 11.7. The summed E-state index contributed by atoms with van der Waals surface area (Å²) in [6.45, 7) is 3.50. The fourth-order valence-electron chi connectivity index (χ4n) is 3.79. The number of halogens is 1. The van der Waals surface area contributed by atoms with Crippen LogP contribution in [0.1, 0.15) is 27.3 Å². The van der Waals surface area contributed by atoms with Crippen molar-refractivity contribution in [2.45, 2.75) is 13.8 Å². The minimum atomic E-state index is -1.09. The average Bonchev–Trinajstić information content (AvgIpc) is 3.05. The molecule has 0 aliphatic carbocycles. The fraction of sp³-hybridized carbons (Fsp3) is 0.0833.